The average molecular weight is 329 g/mol. The van der Waals surface area contributed by atoms with Crippen LogP contribution in [0.2, 0.25) is 0 Å². The van der Waals surface area contributed by atoms with Gasteiger partial charge in [0.15, 0.2) is 0 Å². The summed E-state index contributed by atoms with van der Waals surface area (Å²) in [5, 5.41) is 5.37. The molecule has 0 aromatic heterocycles. The Labute approximate surface area is 140 Å². The first kappa shape index (κ1) is 21.8. The standard InChI is InChI=1S/C16H35N5O2/c1-2-3-4-5-6-11-21(13-8-16(23)20-14-18)12-7-15(22)19-10-9-17/h2-14,17-18H2,1H3,(H,19,22)(H,20,23). The van der Waals surface area contributed by atoms with Crippen LogP contribution < -0.4 is 22.1 Å². The van der Waals surface area contributed by atoms with Crippen LogP contribution in [0.15, 0.2) is 0 Å². The van der Waals surface area contributed by atoms with E-state index in [1.807, 2.05) is 0 Å². The fraction of sp³-hybridized carbons (Fsp3) is 0.875. The van der Waals surface area contributed by atoms with E-state index in [1.165, 1.54) is 25.7 Å². The van der Waals surface area contributed by atoms with Crippen molar-refractivity contribution in [2.45, 2.75) is 51.9 Å². The first-order valence-corrected chi connectivity index (χ1v) is 8.79. The Balaban J connectivity index is 4.09. The molecule has 136 valence electrons. The number of nitrogens with zero attached hydrogens (tertiary/aromatic N) is 1. The second-order valence-corrected chi connectivity index (χ2v) is 5.70. The highest BCUT2D eigenvalue weighted by Gasteiger charge is 2.10. The van der Waals surface area contributed by atoms with Crippen LogP contribution in [0.5, 0.6) is 0 Å². The monoisotopic (exact) mass is 329 g/mol. The summed E-state index contributed by atoms with van der Waals surface area (Å²) in [6, 6.07) is 0. The van der Waals surface area contributed by atoms with E-state index >= 15 is 0 Å². The van der Waals surface area contributed by atoms with E-state index in [0.717, 1.165) is 13.0 Å². The summed E-state index contributed by atoms with van der Waals surface area (Å²) in [6.45, 7) is 5.56. The fourth-order valence-electron chi connectivity index (χ4n) is 2.30. The maximum atomic E-state index is 11.7. The molecule has 0 aromatic rings. The van der Waals surface area contributed by atoms with E-state index in [2.05, 4.69) is 22.5 Å². The van der Waals surface area contributed by atoms with Crippen LogP contribution in [0.4, 0.5) is 0 Å². The van der Waals surface area contributed by atoms with Crippen LogP contribution in [-0.2, 0) is 9.59 Å². The summed E-state index contributed by atoms with van der Waals surface area (Å²) in [4.78, 5) is 25.4. The summed E-state index contributed by atoms with van der Waals surface area (Å²) < 4.78 is 0. The van der Waals surface area contributed by atoms with Gasteiger partial charge in [-0.2, -0.15) is 0 Å². The summed E-state index contributed by atoms with van der Waals surface area (Å²) in [5.41, 5.74) is 10.7. The molecule has 7 nitrogen and oxygen atoms in total. The number of carbonyl (C=O) groups is 2. The van der Waals surface area contributed by atoms with Crippen molar-refractivity contribution in [1.82, 2.24) is 15.5 Å². The zero-order valence-corrected chi connectivity index (χ0v) is 14.6. The minimum atomic E-state index is -0.0453. The molecule has 7 heteroatoms. The zero-order chi connectivity index (χ0) is 17.3. The van der Waals surface area contributed by atoms with Crippen LogP contribution in [-0.4, -0.2) is 56.1 Å². The van der Waals surface area contributed by atoms with Crippen molar-refractivity contribution in [2.75, 3.05) is 39.4 Å². The van der Waals surface area contributed by atoms with Crippen molar-refractivity contribution >= 4 is 11.8 Å². The third-order valence-corrected chi connectivity index (χ3v) is 3.65. The predicted octanol–water partition coefficient (Wildman–Crippen LogP) is 0.146. The van der Waals surface area contributed by atoms with Gasteiger partial charge in [0.1, 0.15) is 0 Å². The number of unbranched alkanes of at least 4 members (excludes halogenated alkanes) is 4. The van der Waals surface area contributed by atoms with Crippen molar-refractivity contribution in [3.63, 3.8) is 0 Å². The van der Waals surface area contributed by atoms with E-state index in [-0.39, 0.29) is 18.5 Å². The lowest BCUT2D eigenvalue weighted by molar-refractivity contribution is -0.121. The van der Waals surface area contributed by atoms with Gasteiger partial charge in [-0.05, 0) is 13.0 Å². The molecule has 0 radical (unpaired) electrons. The number of rotatable bonds is 15. The maximum Gasteiger partial charge on any atom is 0.222 e. The van der Waals surface area contributed by atoms with Gasteiger partial charge in [0.25, 0.3) is 0 Å². The molecular formula is C16H35N5O2. The quantitative estimate of drug-likeness (QED) is 0.252. The van der Waals surface area contributed by atoms with E-state index < -0.39 is 0 Å². The molecule has 0 fully saturated rings. The first-order valence-electron chi connectivity index (χ1n) is 8.79. The lowest BCUT2D eigenvalue weighted by Crippen LogP contribution is -2.36. The van der Waals surface area contributed by atoms with E-state index in [0.29, 0.717) is 39.0 Å². The van der Waals surface area contributed by atoms with Crippen molar-refractivity contribution in [2.24, 2.45) is 11.5 Å². The van der Waals surface area contributed by atoms with Gasteiger partial charge in [-0.15, -0.1) is 0 Å². The van der Waals surface area contributed by atoms with Crippen LogP contribution in [0.3, 0.4) is 0 Å². The second kappa shape index (κ2) is 15.7. The summed E-state index contributed by atoms with van der Waals surface area (Å²) in [6.07, 6.45) is 6.88. The molecule has 0 unspecified atom stereocenters. The highest BCUT2D eigenvalue weighted by molar-refractivity contribution is 5.76. The molecule has 0 heterocycles. The maximum absolute atomic E-state index is 11.7. The van der Waals surface area contributed by atoms with Gasteiger partial charge in [0.2, 0.25) is 11.8 Å². The Hall–Kier alpha value is -1.18. The minimum absolute atomic E-state index is 0.0119. The molecule has 0 rings (SSSR count). The number of nitrogens with two attached hydrogens (primary N) is 2. The van der Waals surface area contributed by atoms with E-state index in [4.69, 9.17) is 11.5 Å². The van der Waals surface area contributed by atoms with Gasteiger partial charge in [0.05, 0.1) is 6.67 Å². The molecule has 6 N–H and O–H groups in total. The van der Waals surface area contributed by atoms with Gasteiger partial charge < -0.3 is 27.0 Å². The van der Waals surface area contributed by atoms with Crippen LogP contribution >= 0.6 is 0 Å². The second-order valence-electron chi connectivity index (χ2n) is 5.70. The van der Waals surface area contributed by atoms with Crippen molar-refractivity contribution in [3.05, 3.63) is 0 Å². The Morgan fingerprint density at radius 1 is 0.870 bits per heavy atom. The molecule has 2 amide bonds. The Bertz CT molecular complexity index is 313. The normalized spacial score (nSPS) is 10.8. The molecule has 0 aromatic carbocycles. The molecule has 23 heavy (non-hydrogen) atoms. The van der Waals surface area contributed by atoms with Gasteiger partial charge in [-0.3, -0.25) is 9.59 Å². The Morgan fingerprint density at radius 3 is 2.04 bits per heavy atom. The molecule has 0 saturated heterocycles. The van der Waals surface area contributed by atoms with Crippen LogP contribution in [0.25, 0.3) is 0 Å². The van der Waals surface area contributed by atoms with Gasteiger partial charge in [-0.1, -0.05) is 32.6 Å². The molecule has 0 bridgehead atoms. The number of hydrogen-bond donors (Lipinski definition) is 4. The molecule has 0 aliphatic carbocycles. The smallest absolute Gasteiger partial charge is 0.222 e. The highest BCUT2D eigenvalue weighted by atomic mass is 16.2. The summed E-state index contributed by atoms with van der Waals surface area (Å²) in [7, 11) is 0. The van der Waals surface area contributed by atoms with Gasteiger partial charge in [-0.25, -0.2) is 0 Å². The van der Waals surface area contributed by atoms with Gasteiger partial charge in [0, 0.05) is 39.0 Å². The SMILES string of the molecule is CCCCCCCN(CCC(=O)NCN)CCC(=O)NCCN. The van der Waals surface area contributed by atoms with Crippen LogP contribution in [0, 0.1) is 0 Å². The molecule has 0 aliphatic heterocycles. The fourth-order valence-corrected chi connectivity index (χ4v) is 2.30. The molecule has 0 atom stereocenters. The van der Waals surface area contributed by atoms with Gasteiger partial charge >= 0.3 is 0 Å². The average Bonchev–Trinajstić information content (AvgIpc) is 2.54. The Kier molecular flexibility index (Phi) is 14.9. The topological polar surface area (TPSA) is 113 Å². The largest absolute Gasteiger partial charge is 0.355 e. The van der Waals surface area contributed by atoms with E-state index in [9.17, 15) is 9.59 Å². The first-order chi connectivity index (χ1) is 11.1. The third kappa shape index (κ3) is 14.2. The van der Waals surface area contributed by atoms with E-state index in [1.54, 1.807) is 0 Å². The number of hydrogen-bond acceptors (Lipinski definition) is 5. The summed E-state index contributed by atoms with van der Waals surface area (Å²) in [5.74, 6) is -0.0334. The number of carbonyl (C=O) groups excluding carboxylic acids is 2. The van der Waals surface area contributed by atoms with Crippen LogP contribution in [0.1, 0.15) is 51.9 Å². The predicted molar refractivity (Wildman–Crippen MR) is 93.7 cm³/mol. The van der Waals surface area contributed by atoms with Crippen molar-refractivity contribution in [1.29, 1.82) is 0 Å². The molecule has 0 saturated carbocycles. The number of amides is 2. The molecule has 0 aliphatic rings. The highest BCUT2D eigenvalue weighted by Crippen LogP contribution is 2.05. The zero-order valence-electron chi connectivity index (χ0n) is 14.6. The third-order valence-electron chi connectivity index (χ3n) is 3.65. The Morgan fingerprint density at radius 2 is 1.48 bits per heavy atom. The summed E-state index contributed by atoms with van der Waals surface area (Å²) >= 11 is 0. The molecular weight excluding hydrogens is 294 g/mol. The van der Waals surface area contributed by atoms with Crippen molar-refractivity contribution < 1.29 is 9.59 Å². The lowest BCUT2D eigenvalue weighted by Gasteiger charge is -2.22. The lowest BCUT2D eigenvalue weighted by atomic mass is 10.1. The molecule has 0 spiro atoms. The van der Waals surface area contributed by atoms with Crippen molar-refractivity contribution in [3.8, 4) is 0 Å². The minimum Gasteiger partial charge on any atom is -0.355 e. The number of nitrogens with one attached hydrogen (secondary N) is 2.